The number of hydrogen-bond acceptors (Lipinski definition) is 6. The first-order valence-electron chi connectivity index (χ1n) is 7.28. The second-order valence-electron chi connectivity index (χ2n) is 6.37. The van der Waals surface area contributed by atoms with Gasteiger partial charge in [0.25, 0.3) is 0 Å². The number of rotatable bonds is 7. The van der Waals surface area contributed by atoms with Gasteiger partial charge in [0, 0.05) is 0 Å². The minimum absolute atomic E-state index is 0.152. The van der Waals surface area contributed by atoms with Gasteiger partial charge in [0.2, 0.25) is 18.2 Å². The molecule has 21 heavy (non-hydrogen) atoms. The number of carbonyl (C=O) groups excluding carboxylic acids is 3. The molecule has 0 heterocycles. The topological polar surface area (TPSA) is 88.3 Å². The number of nitrogens with zero attached hydrogens (tertiary/aromatic N) is 3. The molecule has 0 aliphatic heterocycles. The van der Waals surface area contributed by atoms with Crippen LogP contribution < -0.4 is 0 Å². The predicted octanol–water partition coefficient (Wildman–Crippen LogP) is 1.95. The van der Waals surface area contributed by atoms with E-state index in [4.69, 9.17) is 0 Å². The van der Waals surface area contributed by atoms with Crippen molar-refractivity contribution in [2.75, 3.05) is 13.1 Å². The monoisotopic (exact) mass is 289 g/mol. The van der Waals surface area contributed by atoms with Crippen molar-refractivity contribution in [1.29, 1.82) is 0 Å². The average molecular weight is 289 g/mol. The normalized spacial score (nSPS) is 36.4. The quantitative estimate of drug-likeness (QED) is 0.407. The van der Waals surface area contributed by atoms with Gasteiger partial charge in [-0.3, -0.25) is 0 Å². The zero-order valence-corrected chi connectivity index (χ0v) is 12.2. The van der Waals surface area contributed by atoms with Gasteiger partial charge in [0.15, 0.2) is 0 Å². The van der Waals surface area contributed by atoms with E-state index in [0.717, 1.165) is 19.3 Å². The Kier molecular flexibility index (Phi) is 4.64. The van der Waals surface area contributed by atoms with Gasteiger partial charge in [-0.25, -0.2) is 24.4 Å². The van der Waals surface area contributed by atoms with E-state index in [0.29, 0.717) is 31.8 Å². The molecule has 0 aromatic carbocycles. The zero-order chi connectivity index (χ0) is 15.3. The van der Waals surface area contributed by atoms with Crippen LogP contribution in [-0.4, -0.2) is 36.9 Å². The van der Waals surface area contributed by atoms with Crippen LogP contribution in [0.3, 0.4) is 0 Å². The Bertz CT molecular complexity index is 544. The van der Waals surface area contributed by atoms with Crippen molar-refractivity contribution < 1.29 is 14.4 Å². The smallest absolute Gasteiger partial charge is 0.211 e. The molecule has 6 heteroatoms. The van der Waals surface area contributed by atoms with Crippen LogP contribution >= 0.6 is 0 Å². The molecular weight excluding hydrogens is 270 g/mol. The van der Waals surface area contributed by atoms with Crippen LogP contribution in [0, 0.1) is 17.3 Å². The van der Waals surface area contributed by atoms with Gasteiger partial charge in [-0.2, -0.15) is 4.99 Å². The number of fused-ring (bicyclic) bond motifs is 2. The molecule has 4 atom stereocenters. The summed E-state index contributed by atoms with van der Waals surface area (Å²) in [5, 5.41) is 0. The Labute approximate surface area is 123 Å². The third kappa shape index (κ3) is 2.66. The third-order valence-corrected chi connectivity index (χ3v) is 5.48. The second-order valence-corrected chi connectivity index (χ2v) is 6.37. The van der Waals surface area contributed by atoms with E-state index in [9.17, 15) is 14.4 Å². The summed E-state index contributed by atoms with van der Waals surface area (Å²) in [7, 11) is 0. The fourth-order valence-corrected chi connectivity index (χ4v) is 4.57. The van der Waals surface area contributed by atoms with Gasteiger partial charge in [0.1, 0.15) is 0 Å². The maximum atomic E-state index is 10.9. The van der Waals surface area contributed by atoms with Gasteiger partial charge in [0.05, 0.1) is 18.6 Å². The zero-order valence-electron chi connectivity index (χ0n) is 12.2. The summed E-state index contributed by atoms with van der Waals surface area (Å²) in [6.45, 7) is 2.98. The predicted molar refractivity (Wildman–Crippen MR) is 75.0 cm³/mol. The highest BCUT2D eigenvalue weighted by atomic mass is 16.1. The van der Waals surface area contributed by atoms with Crippen molar-refractivity contribution in [2.24, 2.45) is 32.2 Å². The first kappa shape index (κ1) is 15.5. The molecule has 2 bridgehead atoms. The van der Waals surface area contributed by atoms with E-state index in [2.05, 4.69) is 21.9 Å². The Hall–Kier alpha value is -1.86. The molecule has 2 aliphatic rings. The summed E-state index contributed by atoms with van der Waals surface area (Å²) in [6, 6.07) is 0. The van der Waals surface area contributed by atoms with Crippen LogP contribution in [0.1, 0.15) is 39.0 Å². The highest BCUT2D eigenvalue weighted by Gasteiger charge is 2.63. The first-order chi connectivity index (χ1) is 10.1. The van der Waals surface area contributed by atoms with Gasteiger partial charge in [-0.15, -0.1) is 0 Å². The van der Waals surface area contributed by atoms with Crippen LogP contribution in [-0.2, 0) is 14.4 Å². The van der Waals surface area contributed by atoms with Gasteiger partial charge in [-0.1, -0.05) is 6.92 Å². The summed E-state index contributed by atoms with van der Waals surface area (Å²) >= 11 is 0. The molecule has 0 spiro atoms. The summed E-state index contributed by atoms with van der Waals surface area (Å²) in [4.78, 5) is 42.9. The first-order valence-corrected chi connectivity index (χ1v) is 7.28. The van der Waals surface area contributed by atoms with Crippen LogP contribution in [0.15, 0.2) is 15.0 Å². The molecule has 0 aromatic heterocycles. The molecule has 4 unspecified atom stereocenters. The summed E-state index contributed by atoms with van der Waals surface area (Å²) in [6.07, 6.45) is 9.12. The fraction of sp³-hybridized carbons (Fsp3) is 0.800. The fourth-order valence-electron chi connectivity index (χ4n) is 4.57. The molecule has 2 saturated carbocycles. The highest BCUT2D eigenvalue weighted by Crippen LogP contribution is 2.65. The van der Waals surface area contributed by atoms with Crippen molar-refractivity contribution in [1.82, 2.24) is 0 Å². The summed E-state index contributed by atoms with van der Waals surface area (Å²) in [5.74, 6) is 0.748. The lowest BCUT2D eigenvalue weighted by molar-refractivity contribution is 0.0888. The molecule has 112 valence electrons. The van der Waals surface area contributed by atoms with E-state index < -0.39 is 5.54 Å². The van der Waals surface area contributed by atoms with Gasteiger partial charge < -0.3 is 0 Å². The lowest BCUT2D eigenvalue weighted by atomic mass is 9.62. The molecule has 0 saturated heterocycles. The van der Waals surface area contributed by atoms with E-state index in [1.54, 1.807) is 12.2 Å². The van der Waals surface area contributed by atoms with Crippen molar-refractivity contribution >= 4 is 18.2 Å². The number of hydrogen-bond donors (Lipinski definition) is 0. The summed E-state index contributed by atoms with van der Waals surface area (Å²) in [5.41, 5.74) is -0.612. The van der Waals surface area contributed by atoms with Crippen LogP contribution in [0.2, 0.25) is 0 Å². The maximum Gasteiger partial charge on any atom is 0.235 e. The summed E-state index contributed by atoms with van der Waals surface area (Å²) < 4.78 is 0. The van der Waals surface area contributed by atoms with Crippen LogP contribution in [0.25, 0.3) is 0 Å². The number of isocyanates is 3. The molecule has 2 rings (SSSR count). The van der Waals surface area contributed by atoms with Crippen molar-refractivity contribution in [3.05, 3.63) is 0 Å². The molecule has 0 amide bonds. The van der Waals surface area contributed by atoms with E-state index in [1.807, 2.05) is 0 Å². The SMILES string of the molecule is CC12CC(CC1CN=C=O)CC2(CCCN=C=O)N=C=O. The maximum absolute atomic E-state index is 10.9. The highest BCUT2D eigenvalue weighted by molar-refractivity contribution is 5.37. The Balaban J connectivity index is 2.22. The molecule has 0 N–H and O–H groups in total. The third-order valence-electron chi connectivity index (χ3n) is 5.48. The largest absolute Gasteiger partial charge is 0.235 e. The van der Waals surface area contributed by atoms with E-state index >= 15 is 0 Å². The van der Waals surface area contributed by atoms with Crippen LogP contribution in [0.4, 0.5) is 0 Å². The van der Waals surface area contributed by atoms with E-state index in [1.165, 1.54) is 6.08 Å². The molecule has 0 radical (unpaired) electrons. The Morgan fingerprint density at radius 2 is 1.86 bits per heavy atom. The standard InChI is InChI=1S/C15H19N3O3/c1-14-6-12(5-13(14)8-17-10-20)7-15(14,18-11-21)3-2-4-16-9-19/h12-13H,2-8H2,1H3. The minimum atomic E-state index is -0.459. The molecule has 0 aromatic rings. The molecular formula is C15H19N3O3. The van der Waals surface area contributed by atoms with Crippen molar-refractivity contribution in [3.8, 4) is 0 Å². The second kappa shape index (κ2) is 6.28. The lowest BCUT2D eigenvalue weighted by Crippen LogP contribution is -2.47. The van der Waals surface area contributed by atoms with Gasteiger partial charge >= 0.3 is 0 Å². The molecule has 2 aliphatic carbocycles. The van der Waals surface area contributed by atoms with Crippen molar-refractivity contribution in [3.63, 3.8) is 0 Å². The average Bonchev–Trinajstić information content (AvgIpc) is 2.92. The van der Waals surface area contributed by atoms with Crippen LogP contribution in [0.5, 0.6) is 0 Å². The Morgan fingerprint density at radius 3 is 2.48 bits per heavy atom. The van der Waals surface area contributed by atoms with Crippen molar-refractivity contribution in [2.45, 2.75) is 44.6 Å². The minimum Gasteiger partial charge on any atom is -0.211 e. The molecule has 6 nitrogen and oxygen atoms in total. The lowest BCUT2D eigenvalue weighted by Gasteiger charge is -2.45. The van der Waals surface area contributed by atoms with Gasteiger partial charge in [-0.05, 0) is 49.4 Å². The Morgan fingerprint density at radius 1 is 1.10 bits per heavy atom. The van der Waals surface area contributed by atoms with E-state index in [-0.39, 0.29) is 11.3 Å². The molecule has 2 fully saturated rings. The number of aliphatic imine (C=N–C) groups is 3.